The smallest absolute Gasteiger partial charge is 0.282 e. The molecule has 1 unspecified atom stereocenters. The van der Waals surface area contributed by atoms with E-state index in [1.165, 1.54) is 18.2 Å². The van der Waals surface area contributed by atoms with Crippen LogP contribution in [0.25, 0.3) is 0 Å². The van der Waals surface area contributed by atoms with Crippen molar-refractivity contribution < 1.29 is 9.72 Å². The summed E-state index contributed by atoms with van der Waals surface area (Å²) in [5.74, 6) is 0.558. The SMILES string of the molecule is CCC1CN(C(=O)c2cc(N)ccc2[N+](=O)[O-])CCS1. The molecule has 2 N–H and O–H groups in total. The molecule has 1 heterocycles. The maximum Gasteiger partial charge on any atom is 0.282 e. The summed E-state index contributed by atoms with van der Waals surface area (Å²) >= 11 is 1.84. The van der Waals surface area contributed by atoms with E-state index in [1.54, 1.807) is 4.90 Å². The molecule has 108 valence electrons. The van der Waals surface area contributed by atoms with Gasteiger partial charge in [-0.3, -0.25) is 14.9 Å². The van der Waals surface area contributed by atoms with Crippen LogP contribution in [0.1, 0.15) is 23.7 Å². The van der Waals surface area contributed by atoms with Gasteiger partial charge in [0.25, 0.3) is 11.6 Å². The first-order valence-corrected chi connectivity index (χ1v) is 7.52. The van der Waals surface area contributed by atoms with Crippen molar-refractivity contribution in [2.75, 3.05) is 24.6 Å². The molecule has 1 fully saturated rings. The maximum absolute atomic E-state index is 12.5. The molecule has 2 rings (SSSR count). The van der Waals surface area contributed by atoms with E-state index in [4.69, 9.17) is 5.73 Å². The predicted octanol–water partition coefficient (Wildman–Crippen LogP) is 2.14. The van der Waals surface area contributed by atoms with Crippen molar-refractivity contribution in [1.29, 1.82) is 0 Å². The fourth-order valence-electron chi connectivity index (χ4n) is 2.21. The molecule has 20 heavy (non-hydrogen) atoms. The van der Waals surface area contributed by atoms with Gasteiger partial charge in [-0.2, -0.15) is 11.8 Å². The molecular formula is C13H17N3O3S. The average molecular weight is 295 g/mol. The number of carbonyl (C=O) groups is 1. The fourth-order valence-corrected chi connectivity index (χ4v) is 3.39. The average Bonchev–Trinajstić information content (AvgIpc) is 2.46. The first-order valence-electron chi connectivity index (χ1n) is 6.47. The van der Waals surface area contributed by atoms with Crippen molar-refractivity contribution in [2.24, 2.45) is 0 Å². The first kappa shape index (κ1) is 14.6. The van der Waals surface area contributed by atoms with Crippen LogP contribution in [0.5, 0.6) is 0 Å². The molecule has 1 aliphatic heterocycles. The number of carbonyl (C=O) groups excluding carboxylic acids is 1. The zero-order chi connectivity index (χ0) is 14.7. The predicted molar refractivity (Wildman–Crippen MR) is 79.9 cm³/mol. The fraction of sp³-hybridized carbons (Fsp3) is 0.462. The molecule has 0 bridgehead atoms. The van der Waals surface area contributed by atoms with Gasteiger partial charge in [0, 0.05) is 35.8 Å². The lowest BCUT2D eigenvalue weighted by atomic mass is 10.1. The second-order valence-corrected chi connectivity index (χ2v) is 6.09. The Kier molecular flexibility index (Phi) is 4.49. The molecule has 0 saturated carbocycles. The molecule has 0 radical (unpaired) electrons. The van der Waals surface area contributed by atoms with E-state index in [2.05, 4.69) is 6.92 Å². The lowest BCUT2D eigenvalue weighted by molar-refractivity contribution is -0.385. The number of amides is 1. The summed E-state index contributed by atoms with van der Waals surface area (Å²) < 4.78 is 0. The van der Waals surface area contributed by atoms with Crippen LogP contribution in [-0.4, -0.2) is 39.8 Å². The minimum atomic E-state index is -0.539. The molecule has 7 heteroatoms. The van der Waals surface area contributed by atoms with Crippen molar-refractivity contribution in [1.82, 2.24) is 4.90 Å². The van der Waals surface area contributed by atoms with Gasteiger partial charge in [0.05, 0.1) is 4.92 Å². The van der Waals surface area contributed by atoms with E-state index < -0.39 is 4.92 Å². The number of rotatable bonds is 3. The number of nitrogens with zero attached hydrogens (tertiary/aromatic N) is 2. The van der Waals surface area contributed by atoms with Gasteiger partial charge in [0.15, 0.2) is 0 Å². The quantitative estimate of drug-likeness (QED) is 0.524. The third kappa shape index (κ3) is 3.04. The van der Waals surface area contributed by atoms with Gasteiger partial charge in [0.1, 0.15) is 5.56 Å². The van der Waals surface area contributed by atoms with E-state index in [-0.39, 0.29) is 17.2 Å². The molecular weight excluding hydrogens is 278 g/mol. The van der Waals surface area contributed by atoms with Crippen LogP contribution in [-0.2, 0) is 0 Å². The molecule has 1 amide bonds. The van der Waals surface area contributed by atoms with E-state index in [0.717, 1.165) is 12.2 Å². The summed E-state index contributed by atoms with van der Waals surface area (Å²) in [5.41, 5.74) is 5.91. The Balaban J connectivity index is 2.28. The molecule has 1 aliphatic rings. The first-order chi connectivity index (χ1) is 9.52. The zero-order valence-electron chi connectivity index (χ0n) is 11.2. The van der Waals surface area contributed by atoms with E-state index in [1.807, 2.05) is 11.8 Å². The van der Waals surface area contributed by atoms with Crippen molar-refractivity contribution in [3.63, 3.8) is 0 Å². The summed E-state index contributed by atoms with van der Waals surface area (Å²) in [6.45, 7) is 3.33. The lowest BCUT2D eigenvalue weighted by Crippen LogP contribution is -2.42. The number of benzene rings is 1. The van der Waals surface area contributed by atoms with Crippen LogP contribution >= 0.6 is 11.8 Å². The number of nitro groups is 1. The number of thioether (sulfide) groups is 1. The van der Waals surface area contributed by atoms with Gasteiger partial charge in [-0.15, -0.1) is 0 Å². The molecule has 6 nitrogen and oxygen atoms in total. The summed E-state index contributed by atoms with van der Waals surface area (Å²) in [4.78, 5) is 24.7. The number of hydrogen-bond acceptors (Lipinski definition) is 5. The van der Waals surface area contributed by atoms with E-state index in [0.29, 0.717) is 24.0 Å². The zero-order valence-corrected chi connectivity index (χ0v) is 12.1. The molecule has 1 aromatic carbocycles. The van der Waals surface area contributed by atoms with Crippen molar-refractivity contribution >= 4 is 29.0 Å². The highest BCUT2D eigenvalue weighted by molar-refractivity contribution is 8.00. The summed E-state index contributed by atoms with van der Waals surface area (Å²) in [5, 5.41) is 11.4. The Morgan fingerprint density at radius 1 is 1.60 bits per heavy atom. The third-order valence-electron chi connectivity index (χ3n) is 3.33. The van der Waals surface area contributed by atoms with E-state index >= 15 is 0 Å². The largest absolute Gasteiger partial charge is 0.399 e. The normalized spacial score (nSPS) is 18.9. The molecule has 0 spiro atoms. The minimum Gasteiger partial charge on any atom is -0.399 e. The Morgan fingerprint density at radius 2 is 2.35 bits per heavy atom. The van der Waals surface area contributed by atoms with Crippen LogP contribution in [0.15, 0.2) is 18.2 Å². The van der Waals surface area contributed by atoms with Crippen molar-refractivity contribution in [3.8, 4) is 0 Å². The Hall–Kier alpha value is -1.76. The highest BCUT2D eigenvalue weighted by Gasteiger charge is 2.28. The number of nitrogens with two attached hydrogens (primary N) is 1. The Bertz CT molecular complexity index is 536. The Labute approximate surface area is 121 Å². The van der Waals surface area contributed by atoms with Gasteiger partial charge in [-0.25, -0.2) is 0 Å². The van der Waals surface area contributed by atoms with Crippen LogP contribution in [0.4, 0.5) is 11.4 Å². The van der Waals surface area contributed by atoms with Crippen LogP contribution in [0.2, 0.25) is 0 Å². The second-order valence-electron chi connectivity index (χ2n) is 4.69. The lowest BCUT2D eigenvalue weighted by Gasteiger charge is -2.31. The topological polar surface area (TPSA) is 89.5 Å². The molecule has 0 aliphatic carbocycles. The van der Waals surface area contributed by atoms with Crippen molar-refractivity contribution in [2.45, 2.75) is 18.6 Å². The minimum absolute atomic E-state index is 0.0803. The van der Waals surface area contributed by atoms with Gasteiger partial charge in [0.2, 0.25) is 0 Å². The molecule has 1 atom stereocenters. The third-order valence-corrected chi connectivity index (χ3v) is 4.70. The van der Waals surface area contributed by atoms with Gasteiger partial charge >= 0.3 is 0 Å². The van der Waals surface area contributed by atoms with Gasteiger partial charge < -0.3 is 10.6 Å². The van der Waals surface area contributed by atoms with Crippen LogP contribution < -0.4 is 5.73 Å². The number of anilines is 1. The van der Waals surface area contributed by atoms with Gasteiger partial charge in [-0.05, 0) is 18.6 Å². The van der Waals surface area contributed by atoms with Crippen LogP contribution in [0.3, 0.4) is 0 Å². The highest BCUT2D eigenvalue weighted by atomic mass is 32.2. The standard InChI is InChI=1S/C13H17N3O3S/c1-2-10-8-15(5-6-20-10)13(17)11-7-9(14)3-4-12(11)16(18)19/h3-4,7,10H,2,5-6,8,14H2,1H3. The summed E-state index contributed by atoms with van der Waals surface area (Å²) in [6, 6.07) is 4.12. The van der Waals surface area contributed by atoms with Gasteiger partial charge in [-0.1, -0.05) is 6.92 Å². The maximum atomic E-state index is 12.5. The van der Waals surface area contributed by atoms with E-state index in [9.17, 15) is 14.9 Å². The highest BCUT2D eigenvalue weighted by Crippen LogP contribution is 2.26. The molecule has 0 aromatic heterocycles. The second kappa shape index (κ2) is 6.13. The summed E-state index contributed by atoms with van der Waals surface area (Å²) in [6.07, 6.45) is 0.980. The van der Waals surface area contributed by atoms with Crippen LogP contribution in [0, 0.1) is 10.1 Å². The van der Waals surface area contributed by atoms with Crippen molar-refractivity contribution in [3.05, 3.63) is 33.9 Å². The summed E-state index contributed by atoms with van der Waals surface area (Å²) in [7, 11) is 0. The molecule has 1 aromatic rings. The monoisotopic (exact) mass is 295 g/mol. The number of nitro benzene ring substituents is 1. The number of hydrogen-bond donors (Lipinski definition) is 1. The number of nitrogen functional groups attached to an aromatic ring is 1. The Morgan fingerprint density at radius 3 is 3.00 bits per heavy atom. The molecule has 1 saturated heterocycles.